The van der Waals surface area contributed by atoms with Gasteiger partial charge in [-0.1, -0.05) is 6.07 Å². The van der Waals surface area contributed by atoms with Gasteiger partial charge in [-0.3, -0.25) is 0 Å². The van der Waals surface area contributed by atoms with E-state index in [2.05, 4.69) is 0 Å². The minimum Gasteiger partial charge on any atom is -0.493 e. The van der Waals surface area contributed by atoms with E-state index in [1.165, 1.54) is 7.11 Å². The lowest BCUT2D eigenvalue weighted by atomic mass is 10.2. The van der Waals surface area contributed by atoms with Crippen LogP contribution < -0.4 is 9.47 Å². The molecule has 6 heteroatoms. The molecule has 0 heterocycles. The van der Waals surface area contributed by atoms with Gasteiger partial charge in [-0.05, 0) is 24.6 Å². The molecule has 0 aromatic heterocycles. The molecule has 0 saturated carbocycles. The minimum absolute atomic E-state index is 0.0743. The van der Waals surface area contributed by atoms with Crippen LogP contribution in [0.2, 0.25) is 0 Å². The Hall–Kier alpha value is -1.34. The van der Waals surface area contributed by atoms with Crippen LogP contribution >= 0.6 is 0 Å². The molecule has 0 bridgehead atoms. The topological polar surface area (TPSA) is 77.4 Å². The van der Waals surface area contributed by atoms with Crippen molar-refractivity contribution in [2.75, 3.05) is 34.0 Å². The first-order valence-electron chi connectivity index (χ1n) is 6.79. The third-order valence-electron chi connectivity index (χ3n) is 2.82. The molecule has 0 fully saturated rings. The highest BCUT2D eigenvalue weighted by atomic mass is 16.5. The molecular weight excluding hydrogens is 276 g/mol. The van der Waals surface area contributed by atoms with Gasteiger partial charge in [-0.2, -0.15) is 0 Å². The van der Waals surface area contributed by atoms with E-state index in [9.17, 15) is 5.11 Å². The van der Waals surface area contributed by atoms with E-state index in [1.807, 2.05) is 6.92 Å². The van der Waals surface area contributed by atoms with Gasteiger partial charge in [-0.25, -0.2) is 0 Å². The first kappa shape index (κ1) is 17.7. The number of methoxy groups -OCH3 is 2. The molecular formula is C15H24O6. The van der Waals surface area contributed by atoms with Crippen LogP contribution in [-0.2, 0) is 16.1 Å². The van der Waals surface area contributed by atoms with E-state index in [-0.39, 0.29) is 25.9 Å². The van der Waals surface area contributed by atoms with Crippen LogP contribution in [0.4, 0.5) is 0 Å². The Morgan fingerprint density at radius 2 is 1.86 bits per heavy atom. The molecule has 0 spiro atoms. The van der Waals surface area contributed by atoms with Gasteiger partial charge in [0.1, 0.15) is 12.7 Å². The summed E-state index contributed by atoms with van der Waals surface area (Å²) in [5.74, 6) is 1.03. The molecule has 0 amide bonds. The lowest BCUT2D eigenvalue weighted by Gasteiger charge is -2.17. The summed E-state index contributed by atoms with van der Waals surface area (Å²) in [6.07, 6.45) is -0.844. The van der Waals surface area contributed by atoms with Crippen molar-refractivity contribution in [3.63, 3.8) is 0 Å². The zero-order valence-electron chi connectivity index (χ0n) is 12.7. The van der Waals surface area contributed by atoms with Crippen LogP contribution in [0.25, 0.3) is 0 Å². The van der Waals surface area contributed by atoms with Crippen molar-refractivity contribution >= 4 is 0 Å². The van der Waals surface area contributed by atoms with E-state index in [0.29, 0.717) is 23.7 Å². The predicted octanol–water partition coefficient (Wildman–Crippen LogP) is 0.979. The van der Waals surface area contributed by atoms with Gasteiger partial charge in [0.15, 0.2) is 11.5 Å². The van der Waals surface area contributed by atoms with Gasteiger partial charge in [0.05, 0.1) is 33.0 Å². The van der Waals surface area contributed by atoms with Crippen LogP contribution in [0.15, 0.2) is 18.2 Å². The van der Waals surface area contributed by atoms with Crippen LogP contribution in [0.3, 0.4) is 0 Å². The molecule has 2 atom stereocenters. The first-order chi connectivity index (χ1) is 10.1. The summed E-state index contributed by atoms with van der Waals surface area (Å²) < 4.78 is 21.0. The quantitative estimate of drug-likeness (QED) is 0.671. The van der Waals surface area contributed by atoms with Gasteiger partial charge in [-0.15, -0.1) is 0 Å². The Bertz CT molecular complexity index is 409. The molecule has 0 saturated heterocycles. The Kier molecular flexibility index (Phi) is 8.07. The van der Waals surface area contributed by atoms with Crippen molar-refractivity contribution in [3.8, 4) is 11.5 Å². The molecule has 0 aliphatic rings. The summed E-state index contributed by atoms with van der Waals surface area (Å²) in [6.45, 7) is 2.49. The fourth-order valence-corrected chi connectivity index (χ4v) is 1.72. The lowest BCUT2D eigenvalue weighted by Crippen LogP contribution is -2.27. The molecule has 1 aromatic rings. The van der Waals surface area contributed by atoms with Crippen molar-refractivity contribution in [2.24, 2.45) is 0 Å². The standard InChI is InChI=1S/C15H24O6/c1-11(8-18-2)20-9-13(17)10-21-15-6-12(7-16)4-5-14(15)19-3/h4-6,11,13,16-17H,7-10H2,1-3H3. The summed E-state index contributed by atoms with van der Waals surface area (Å²) in [6, 6.07) is 5.14. The molecule has 6 nitrogen and oxygen atoms in total. The van der Waals surface area contributed by atoms with Crippen molar-refractivity contribution < 1.29 is 29.2 Å². The highest BCUT2D eigenvalue weighted by molar-refractivity contribution is 5.42. The normalized spacial score (nSPS) is 13.8. The predicted molar refractivity (Wildman–Crippen MR) is 77.7 cm³/mol. The number of ether oxygens (including phenoxy) is 4. The fourth-order valence-electron chi connectivity index (χ4n) is 1.72. The van der Waals surface area contributed by atoms with Crippen molar-refractivity contribution in [1.82, 2.24) is 0 Å². The van der Waals surface area contributed by atoms with Crippen molar-refractivity contribution in [1.29, 1.82) is 0 Å². The van der Waals surface area contributed by atoms with E-state index in [0.717, 1.165) is 0 Å². The van der Waals surface area contributed by atoms with Gasteiger partial charge in [0, 0.05) is 7.11 Å². The summed E-state index contributed by atoms with van der Waals surface area (Å²) in [5, 5.41) is 19.0. The van der Waals surface area contributed by atoms with Crippen molar-refractivity contribution in [3.05, 3.63) is 23.8 Å². The second-order valence-corrected chi connectivity index (χ2v) is 4.71. The maximum atomic E-state index is 9.84. The average molecular weight is 300 g/mol. The van der Waals surface area contributed by atoms with Crippen LogP contribution in [-0.4, -0.2) is 56.5 Å². The Morgan fingerprint density at radius 1 is 1.10 bits per heavy atom. The summed E-state index contributed by atoms with van der Waals surface area (Å²) in [4.78, 5) is 0. The Labute approximate surface area is 125 Å². The highest BCUT2D eigenvalue weighted by Crippen LogP contribution is 2.28. The summed E-state index contributed by atoms with van der Waals surface area (Å²) in [7, 11) is 3.13. The molecule has 120 valence electrons. The Morgan fingerprint density at radius 3 is 2.48 bits per heavy atom. The summed E-state index contributed by atoms with van der Waals surface area (Å²) in [5.41, 5.74) is 0.713. The average Bonchev–Trinajstić information content (AvgIpc) is 2.50. The number of rotatable bonds is 10. The number of aliphatic hydroxyl groups is 2. The monoisotopic (exact) mass is 300 g/mol. The molecule has 0 aliphatic heterocycles. The first-order valence-corrected chi connectivity index (χ1v) is 6.79. The zero-order valence-corrected chi connectivity index (χ0v) is 12.7. The third kappa shape index (κ3) is 6.31. The molecule has 21 heavy (non-hydrogen) atoms. The van der Waals surface area contributed by atoms with E-state index < -0.39 is 6.10 Å². The number of hydrogen-bond acceptors (Lipinski definition) is 6. The van der Waals surface area contributed by atoms with Gasteiger partial charge in [0.2, 0.25) is 0 Å². The molecule has 2 unspecified atom stereocenters. The lowest BCUT2D eigenvalue weighted by molar-refractivity contribution is -0.0424. The van der Waals surface area contributed by atoms with Crippen LogP contribution in [0.1, 0.15) is 12.5 Å². The second-order valence-electron chi connectivity index (χ2n) is 4.71. The number of benzene rings is 1. The second kappa shape index (κ2) is 9.57. The van der Waals surface area contributed by atoms with E-state index in [4.69, 9.17) is 24.1 Å². The smallest absolute Gasteiger partial charge is 0.161 e. The van der Waals surface area contributed by atoms with Crippen LogP contribution in [0, 0.1) is 0 Å². The maximum Gasteiger partial charge on any atom is 0.161 e. The fraction of sp³-hybridized carbons (Fsp3) is 0.600. The molecule has 1 rings (SSSR count). The molecule has 0 aliphatic carbocycles. The SMILES string of the molecule is COCC(C)OCC(O)COc1cc(CO)ccc1OC. The van der Waals surface area contributed by atoms with Gasteiger partial charge >= 0.3 is 0 Å². The largest absolute Gasteiger partial charge is 0.493 e. The molecule has 1 aromatic carbocycles. The highest BCUT2D eigenvalue weighted by Gasteiger charge is 2.11. The Balaban J connectivity index is 2.46. The van der Waals surface area contributed by atoms with E-state index >= 15 is 0 Å². The minimum atomic E-state index is -0.758. The maximum absolute atomic E-state index is 9.84. The number of aliphatic hydroxyl groups excluding tert-OH is 2. The molecule has 0 radical (unpaired) electrons. The van der Waals surface area contributed by atoms with Gasteiger partial charge < -0.3 is 29.2 Å². The van der Waals surface area contributed by atoms with Crippen molar-refractivity contribution in [2.45, 2.75) is 25.7 Å². The third-order valence-corrected chi connectivity index (χ3v) is 2.82. The van der Waals surface area contributed by atoms with Gasteiger partial charge in [0.25, 0.3) is 0 Å². The summed E-state index contributed by atoms with van der Waals surface area (Å²) >= 11 is 0. The van der Waals surface area contributed by atoms with Crippen LogP contribution in [0.5, 0.6) is 11.5 Å². The zero-order chi connectivity index (χ0) is 15.7. The molecule has 2 N–H and O–H groups in total. The van der Waals surface area contributed by atoms with E-state index in [1.54, 1.807) is 25.3 Å². The number of hydrogen-bond donors (Lipinski definition) is 2.